The van der Waals surface area contributed by atoms with Crippen LogP contribution in [0.2, 0.25) is 0 Å². The quantitative estimate of drug-likeness (QED) is 0.829. The first kappa shape index (κ1) is 11.2. The first-order chi connectivity index (χ1) is 8.69. The Morgan fingerprint density at radius 1 is 1.56 bits per heavy atom. The number of pyridine rings is 1. The highest BCUT2D eigenvalue weighted by atomic mass is 15.1. The van der Waals surface area contributed by atoms with Crippen molar-refractivity contribution in [3.63, 3.8) is 0 Å². The molecule has 1 unspecified atom stereocenters. The summed E-state index contributed by atoms with van der Waals surface area (Å²) in [4.78, 5) is 9.20. The highest BCUT2D eigenvalue weighted by Gasteiger charge is 2.30. The largest absolute Gasteiger partial charge is 0.311 e. The molecule has 0 aromatic carbocycles. The third kappa shape index (κ3) is 1.86. The third-order valence-corrected chi connectivity index (χ3v) is 3.37. The molecule has 2 heterocycles. The number of hydrogen-bond acceptors (Lipinski definition) is 3. The van der Waals surface area contributed by atoms with Gasteiger partial charge in [0, 0.05) is 18.7 Å². The van der Waals surface area contributed by atoms with Gasteiger partial charge in [-0.1, -0.05) is 0 Å². The normalized spacial score (nSPS) is 16.7. The predicted molar refractivity (Wildman–Crippen MR) is 69.0 cm³/mol. The molecule has 2 aromatic heterocycles. The van der Waals surface area contributed by atoms with Gasteiger partial charge in [0.15, 0.2) is 5.65 Å². The number of aromatic nitrogens is 3. The minimum Gasteiger partial charge on any atom is -0.311 e. The lowest BCUT2D eigenvalue weighted by molar-refractivity contribution is 0.567. The van der Waals surface area contributed by atoms with Gasteiger partial charge in [-0.2, -0.15) is 5.26 Å². The van der Waals surface area contributed by atoms with Crippen LogP contribution in [0.4, 0.5) is 0 Å². The van der Waals surface area contributed by atoms with Crippen LogP contribution in [0.1, 0.15) is 37.1 Å². The van der Waals surface area contributed by atoms with Crippen LogP contribution in [0, 0.1) is 24.2 Å². The van der Waals surface area contributed by atoms with Crippen LogP contribution in [-0.2, 0) is 6.54 Å². The summed E-state index contributed by atoms with van der Waals surface area (Å²) < 4.78 is 2.14. The molecule has 0 spiro atoms. The lowest BCUT2D eigenvalue weighted by Crippen LogP contribution is -2.09. The summed E-state index contributed by atoms with van der Waals surface area (Å²) in [6, 6.07) is 4.36. The van der Waals surface area contributed by atoms with E-state index >= 15 is 0 Å². The van der Waals surface area contributed by atoms with Gasteiger partial charge in [-0.05, 0) is 38.3 Å². The molecule has 18 heavy (non-hydrogen) atoms. The van der Waals surface area contributed by atoms with E-state index in [9.17, 15) is 0 Å². The lowest BCUT2D eigenvalue weighted by Gasteiger charge is -2.09. The van der Waals surface area contributed by atoms with E-state index in [0.717, 1.165) is 22.6 Å². The van der Waals surface area contributed by atoms with Gasteiger partial charge in [0.2, 0.25) is 0 Å². The standard InChI is InChI=1S/C14H16N4/c1-9-5-12-14(16-7-9)18(8-10(2)6-15)13(17-12)11-3-4-11/h5,7,10-11H,3-4,8H2,1-2H3. The summed E-state index contributed by atoms with van der Waals surface area (Å²) in [5.74, 6) is 1.68. The fraction of sp³-hybridized carbons (Fsp3) is 0.500. The maximum Gasteiger partial charge on any atom is 0.160 e. The second kappa shape index (κ2) is 4.09. The van der Waals surface area contributed by atoms with E-state index in [1.54, 1.807) is 0 Å². The van der Waals surface area contributed by atoms with Gasteiger partial charge < -0.3 is 4.57 Å². The second-order valence-corrected chi connectivity index (χ2v) is 5.24. The summed E-state index contributed by atoms with van der Waals surface area (Å²) >= 11 is 0. The van der Waals surface area contributed by atoms with Crippen LogP contribution < -0.4 is 0 Å². The molecule has 1 fully saturated rings. The molecule has 1 atom stereocenters. The average Bonchev–Trinajstić information content (AvgIpc) is 3.14. The smallest absolute Gasteiger partial charge is 0.160 e. The van der Waals surface area contributed by atoms with E-state index in [1.807, 2.05) is 20.0 Å². The predicted octanol–water partition coefficient (Wildman–Crippen LogP) is 2.78. The minimum absolute atomic E-state index is 0.0111. The summed E-state index contributed by atoms with van der Waals surface area (Å²) in [7, 11) is 0. The van der Waals surface area contributed by atoms with E-state index in [0.29, 0.717) is 12.5 Å². The first-order valence-electron chi connectivity index (χ1n) is 6.41. The van der Waals surface area contributed by atoms with Crippen molar-refractivity contribution >= 4 is 11.2 Å². The minimum atomic E-state index is -0.0111. The van der Waals surface area contributed by atoms with Crippen LogP contribution >= 0.6 is 0 Å². The van der Waals surface area contributed by atoms with Gasteiger partial charge in [0.1, 0.15) is 11.3 Å². The molecule has 2 aromatic rings. The van der Waals surface area contributed by atoms with Gasteiger partial charge in [-0.25, -0.2) is 9.97 Å². The van der Waals surface area contributed by atoms with E-state index in [4.69, 9.17) is 10.2 Å². The molecular weight excluding hydrogens is 224 g/mol. The zero-order valence-corrected chi connectivity index (χ0v) is 10.7. The molecule has 3 rings (SSSR count). The molecule has 0 radical (unpaired) electrons. The Bertz CT molecular complexity index is 631. The van der Waals surface area contributed by atoms with Gasteiger partial charge in [-0.15, -0.1) is 0 Å². The molecule has 1 aliphatic rings. The zero-order valence-electron chi connectivity index (χ0n) is 10.7. The number of fused-ring (bicyclic) bond motifs is 1. The highest BCUT2D eigenvalue weighted by Crippen LogP contribution is 2.40. The molecule has 0 saturated heterocycles. The Morgan fingerprint density at radius 3 is 3.00 bits per heavy atom. The number of nitriles is 1. The Labute approximate surface area is 106 Å². The molecule has 1 aliphatic carbocycles. The monoisotopic (exact) mass is 240 g/mol. The summed E-state index contributed by atoms with van der Waals surface area (Å²) in [5.41, 5.74) is 3.01. The highest BCUT2D eigenvalue weighted by molar-refractivity contribution is 5.72. The molecule has 0 aliphatic heterocycles. The van der Waals surface area contributed by atoms with E-state index in [2.05, 4.69) is 21.7 Å². The Balaban J connectivity index is 2.13. The maximum atomic E-state index is 8.99. The number of aryl methyl sites for hydroxylation is 1. The van der Waals surface area contributed by atoms with Crippen molar-refractivity contribution in [3.05, 3.63) is 23.7 Å². The van der Waals surface area contributed by atoms with Crippen molar-refractivity contribution in [1.29, 1.82) is 5.26 Å². The molecule has 0 N–H and O–H groups in total. The number of rotatable bonds is 3. The summed E-state index contributed by atoms with van der Waals surface area (Å²) in [6.07, 6.45) is 4.29. The third-order valence-electron chi connectivity index (χ3n) is 3.37. The Kier molecular flexibility index (Phi) is 2.55. The van der Waals surface area contributed by atoms with Crippen molar-refractivity contribution in [2.75, 3.05) is 0 Å². The van der Waals surface area contributed by atoms with Crippen LogP contribution in [0.25, 0.3) is 11.2 Å². The van der Waals surface area contributed by atoms with Crippen molar-refractivity contribution in [2.45, 2.75) is 39.2 Å². The molecule has 4 heteroatoms. The van der Waals surface area contributed by atoms with Gasteiger partial charge in [0.25, 0.3) is 0 Å². The van der Waals surface area contributed by atoms with Crippen molar-refractivity contribution in [2.24, 2.45) is 5.92 Å². The topological polar surface area (TPSA) is 54.5 Å². The van der Waals surface area contributed by atoms with E-state index in [1.165, 1.54) is 12.8 Å². The van der Waals surface area contributed by atoms with Crippen LogP contribution in [0.5, 0.6) is 0 Å². The molecular formula is C14H16N4. The van der Waals surface area contributed by atoms with Crippen LogP contribution in [0.15, 0.2) is 12.3 Å². The van der Waals surface area contributed by atoms with Gasteiger partial charge >= 0.3 is 0 Å². The Morgan fingerprint density at radius 2 is 2.33 bits per heavy atom. The average molecular weight is 240 g/mol. The summed E-state index contributed by atoms with van der Waals surface area (Å²) in [6.45, 7) is 4.66. The number of imidazole rings is 1. The fourth-order valence-corrected chi connectivity index (χ4v) is 2.28. The van der Waals surface area contributed by atoms with Crippen molar-refractivity contribution in [3.8, 4) is 6.07 Å². The number of hydrogen-bond donors (Lipinski definition) is 0. The van der Waals surface area contributed by atoms with Crippen LogP contribution in [0.3, 0.4) is 0 Å². The molecule has 0 bridgehead atoms. The van der Waals surface area contributed by atoms with E-state index in [-0.39, 0.29) is 5.92 Å². The van der Waals surface area contributed by atoms with Gasteiger partial charge in [-0.3, -0.25) is 0 Å². The molecule has 1 saturated carbocycles. The van der Waals surface area contributed by atoms with Crippen molar-refractivity contribution < 1.29 is 0 Å². The zero-order chi connectivity index (χ0) is 12.7. The molecule has 92 valence electrons. The molecule has 0 amide bonds. The van der Waals surface area contributed by atoms with Gasteiger partial charge in [0.05, 0.1) is 12.0 Å². The fourth-order valence-electron chi connectivity index (χ4n) is 2.28. The SMILES string of the molecule is Cc1cnc2c(c1)nc(C1CC1)n2CC(C)C#N. The maximum absolute atomic E-state index is 8.99. The number of nitrogens with zero attached hydrogens (tertiary/aromatic N) is 4. The van der Waals surface area contributed by atoms with Crippen LogP contribution in [-0.4, -0.2) is 14.5 Å². The Hall–Kier alpha value is -1.89. The van der Waals surface area contributed by atoms with Crippen molar-refractivity contribution in [1.82, 2.24) is 14.5 Å². The lowest BCUT2D eigenvalue weighted by atomic mass is 10.2. The van der Waals surface area contributed by atoms with E-state index < -0.39 is 0 Å². The second-order valence-electron chi connectivity index (χ2n) is 5.24. The first-order valence-corrected chi connectivity index (χ1v) is 6.41. The summed E-state index contributed by atoms with van der Waals surface area (Å²) in [5, 5.41) is 8.99. The molecule has 4 nitrogen and oxygen atoms in total.